The van der Waals surface area contributed by atoms with Crippen LogP contribution in [-0.2, 0) is 6.18 Å². The van der Waals surface area contributed by atoms with Gasteiger partial charge in [0.1, 0.15) is 5.82 Å². The third-order valence-electron chi connectivity index (χ3n) is 3.66. The summed E-state index contributed by atoms with van der Waals surface area (Å²) in [6.45, 7) is 1.87. The molecule has 110 valence electrons. The Kier molecular flexibility index (Phi) is 3.75. The zero-order valence-electron chi connectivity index (χ0n) is 11.0. The van der Waals surface area contributed by atoms with Crippen LogP contribution in [0.25, 0.3) is 0 Å². The lowest BCUT2D eigenvalue weighted by Crippen LogP contribution is -2.43. The second kappa shape index (κ2) is 5.07. The van der Waals surface area contributed by atoms with E-state index in [0.717, 1.165) is 31.7 Å². The second-order valence-electron chi connectivity index (χ2n) is 5.41. The predicted octanol–water partition coefficient (Wildman–Crippen LogP) is 3.91. The Balaban J connectivity index is 2.22. The highest BCUT2D eigenvalue weighted by atomic mass is 19.4. The minimum absolute atomic E-state index is 0.174. The highest BCUT2D eigenvalue weighted by Gasteiger charge is 2.35. The lowest BCUT2D eigenvalue weighted by molar-refractivity contribution is -0.140. The van der Waals surface area contributed by atoms with Gasteiger partial charge in [0.15, 0.2) is 0 Å². The maximum atomic E-state index is 13.2. The maximum absolute atomic E-state index is 13.2. The number of carbonyl (C=O) groups excluding carboxylic acids is 1. The number of halogens is 4. The fourth-order valence-corrected chi connectivity index (χ4v) is 2.51. The molecule has 1 aromatic carbocycles. The van der Waals surface area contributed by atoms with Crippen LogP contribution in [-0.4, -0.2) is 11.4 Å². The van der Waals surface area contributed by atoms with Crippen LogP contribution >= 0.6 is 0 Å². The first kappa shape index (κ1) is 14.8. The molecule has 1 aromatic rings. The van der Waals surface area contributed by atoms with Crippen molar-refractivity contribution in [2.75, 3.05) is 0 Å². The van der Waals surface area contributed by atoms with Gasteiger partial charge in [-0.25, -0.2) is 4.39 Å². The molecule has 2 nitrogen and oxygen atoms in total. The highest BCUT2D eigenvalue weighted by molar-refractivity contribution is 5.94. The number of amides is 1. The number of carbonyl (C=O) groups is 1. The molecule has 0 atom stereocenters. The van der Waals surface area contributed by atoms with Gasteiger partial charge in [-0.1, -0.05) is 12.8 Å². The summed E-state index contributed by atoms with van der Waals surface area (Å²) in [6, 6.07) is 2.30. The van der Waals surface area contributed by atoms with Crippen LogP contribution in [0.4, 0.5) is 17.6 Å². The lowest BCUT2D eigenvalue weighted by Gasteiger charge is -2.25. The summed E-state index contributed by atoms with van der Waals surface area (Å²) in [7, 11) is 0. The van der Waals surface area contributed by atoms with Crippen molar-refractivity contribution in [3.63, 3.8) is 0 Å². The molecule has 0 aromatic heterocycles. The van der Waals surface area contributed by atoms with E-state index in [1.807, 2.05) is 6.92 Å². The Morgan fingerprint density at radius 2 is 1.85 bits per heavy atom. The Labute approximate surface area is 114 Å². The summed E-state index contributed by atoms with van der Waals surface area (Å²) in [6.07, 6.45) is -1.25. The zero-order valence-corrected chi connectivity index (χ0v) is 11.0. The summed E-state index contributed by atoms with van der Waals surface area (Å²) in [5.41, 5.74) is -1.97. The van der Waals surface area contributed by atoms with Crippen LogP contribution in [0.15, 0.2) is 18.2 Å². The Morgan fingerprint density at radius 1 is 1.25 bits per heavy atom. The monoisotopic (exact) mass is 289 g/mol. The van der Waals surface area contributed by atoms with Crippen molar-refractivity contribution >= 4 is 5.91 Å². The van der Waals surface area contributed by atoms with Crippen molar-refractivity contribution in [1.82, 2.24) is 5.32 Å². The van der Waals surface area contributed by atoms with Crippen LogP contribution in [0.1, 0.15) is 48.5 Å². The molecule has 6 heteroatoms. The smallest absolute Gasteiger partial charge is 0.347 e. The second-order valence-corrected chi connectivity index (χ2v) is 5.41. The van der Waals surface area contributed by atoms with Crippen molar-refractivity contribution < 1.29 is 22.4 Å². The van der Waals surface area contributed by atoms with E-state index >= 15 is 0 Å². The molecule has 0 saturated heterocycles. The van der Waals surface area contributed by atoms with Crippen LogP contribution in [0.2, 0.25) is 0 Å². The van der Waals surface area contributed by atoms with Gasteiger partial charge in [0.2, 0.25) is 0 Å². The summed E-state index contributed by atoms with van der Waals surface area (Å²) in [4.78, 5) is 12.0. The molecule has 0 radical (unpaired) electrons. The topological polar surface area (TPSA) is 29.1 Å². The third kappa shape index (κ3) is 3.11. The van der Waals surface area contributed by atoms with Crippen LogP contribution in [0.5, 0.6) is 0 Å². The molecule has 0 bridgehead atoms. The number of hydrogen-bond acceptors (Lipinski definition) is 1. The van der Waals surface area contributed by atoms with Gasteiger partial charge in [-0.2, -0.15) is 13.2 Å². The van der Waals surface area contributed by atoms with E-state index in [2.05, 4.69) is 5.32 Å². The fourth-order valence-electron chi connectivity index (χ4n) is 2.51. The number of rotatable bonds is 2. The van der Waals surface area contributed by atoms with Gasteiger partial charge in [-0.3, -0.25) is 4.79 Å². The quantitative estimate of drug-likeness (QED) is 0.822. The molecule has 2 rings (SSSR count). The van der Waals surface area contributed by atoms with Gasteiger partial charge in [-0.15, -0.1) is 0 Å². The molecule has 0 spiro atoms. The molecule has 1 saturated carbocycles. The van der Waals surface area contributed by atoms with Crippen molar-refractivity contribution in [1.29, 1.82) is 0 Å². The standard InChI is InChI=1S/C14H15F4NO/c1-13(6-2-3-7-13)19-12(20)9-4-5-11(15)10(8-9)14(16,17)18/h4-5,8H,2-3,6-7H2,1H3,(H,19,20). The molecule has 1 amide bonds. The number of benzene rings is 1. The van der Waals surface area contributed by atoms with Gasteiger partial charge >= 0.3 is 6.18 Å². The van der Waals surface area contributed by atoms with Crippen LogP contribution in [0.3, 0.4) is 0 Å². The van der Waals surface area contributed by atoms with E-state index < -0.39 is 23.5 Å². The molecule has 1 aliphatic carbocycles. The first-order valence-electron chi connectivity index (χ1n) is 6.41. The number of hydrogen-bond donors (Lipinski definition) is 1. The number of nitrogens with one attached hydrogen (secondary N) is 1. The maximum Gasteiger partial charge on any atom is 0.419 e. The van der Waals surface area contributed by atoms with E-state index in [1.165, 1.54) is 0 Å². The fraction of sp³-hybridized carbons (Fsp3) is 0.500. The largest absolute Gasteiger partial charge is 0.419 e. The summed E-state index contributed by atoms with van der Waals surface area (Å²) in [5.74, 6) is -1.97. The Bertz CT molecular complexity index is 518. The van der Waals surface area contributed by atoms with Crippen molar-refractivity contribution in [2.24, 2.45) is 0 Å². The van der Waals surface area contributed by atoms with E-state index in [-0.39, 0.29) is 11.1 Å². The van der Waals surface area contributed by atoms with Gasteiger partial charge in [0.05, 0.1) is 5.56 Å². The summed E-state index contributed by atoms with van der Waals surface area (Å²) < 4.78 is 51.0. The average molecular weight is 289 g/mol. The minimum atomic E-state index is -4.81. The normalized spacial score (nSPS) is 18.1. The molecule has 1 aliphatic rings. The molecule has 0 unspecified atom stereocenters. The van der Waals surface area contributed by atoms with E-state index in [0.29, 0.717) is 12.1 Å². The first-order valence-corrected chi connectivity index (χ1v) is 6.41. The van der Waals surface area contributed by atoms with Crippen LogP contribution < -0.4 is 5.32 Å². The van der Waals surface area contributed by atoms with Crippen molar-refractivity contribution in [2.45, 2.75) is 44.3 Å². The Morgan fingerprint density at radius 3 is 2.40 bits per heavy atom. The van der Waals surface area contributed by atoms with Crippen molar-refractivity contribution in [3.8, 4) is 0 Å². The van der Waals surface area contributed by atoms with Gasteiger partial charge in [0.25, 0.3) is 5.91 Å². The van der Waals surface area contributed by atoms with E-state index in [9.17, 15) is 22.4 Å². The van der Waals surface area contributed by atoms with E-state index in [4.69, 9.17) is 0 Å². The first-order chi connectivity index (χ1) is 9.21. The lowest BCUT2D eigenvalue weighted by atomic mass is 9.99. The van der Waals surface area contributed by atoms with E-state index in [1.54, 1.807) is 0 Å². The molecule has 1 N–H and O–H groups in total. The summed E-state index contributed by atoms with van der Waals surface area (Å²) in [5, 5.41) is 2.74. The molecular weight excluding hydrogens is 274 g/mol. The van der Waals surface area contributed by atoms with Crippen molar-refractivity contribution in [3.05, 3.63) is 35.1 Å². The number of alkyl halides is 3. The van der Waals surface area contributed by atoms with Gasteiger partial charge in [0, 0.05) is 11.1 Å². The molecule has 20 heavy (non-hydrogen) atoms. The van der Waals surface area contributed by atoms with Crippen LogP contribution in [0, 0.1) is 5.82 Å². The zero-order chi connectivity index (χ0) is 15.0. The van der Waals surface area contributed by atoms with Gasteiger partial charge in [-0.05, 0) is 38.0 Å². The molecular formula is C14H15F4NO. The molecule has 0 heterocycles. The van der Waals surface area contributed by atoms with Gasteiger partial charge < -0.3 is 5.32 Å². The molecule has 0 aliphatic heterocycles. The average Bonchev–Trinajstić information content (AvgIpc) is 2.74. The summed E-state index contributed by atoms with van der Waals surface area (Å²) >= 11 is 0. The third-order valence-corrected chi connectivity index (χ3v) is 3.66. The highest BCUT2D eigenvalue weighted by Crippen LogP contribution is 2.33. The predicted molar refractivity (Wildman–Crippen MR) is 65.7 cm³/mol. The SMILES string of the molecule is CC1(NC(=O)c2ccc(F)c(C(F)(F)F)c2)CCCC1. The Hall–Kier alpha value is -1.59. The minimum Gasteiger partial charge on any atom is -0.347 e. The molecule has 1 fully saturated rings.